The van der Waals surface area contributed by atoms with Crippen LogP contribution in [0.2, 0.25) is 0 Å². The maximum absolute atomic E-state index is 12.9. The minimum absolute atomic E-state index is 0.0227. The van der Waals surface area contributed by atoms with Gasteiger partial charge in [-0.25, -0.2) is 18.1 Å². The Balaban J connectivity index is 1.95. The summed E-state index contributed by atoms with van der Waals surface area (Å²) in [6.07, 6.45) is -5.55. The Morgan fingerprint density at radius 3 is 2.57 bits per heavy atom. The number of aliphatic hydroxyl groups excluding tert-OH is 1. The first kappa shape index (κ1) is 29.9. The molecule has 7 atom stereocenters. The molecule has 0 aliphatic carbocycles. The van der Waals surface area contributed by atoms with E-state index in [0.717, 1.165) is 11.5 Å². The van der Waals surface area contributed by atoms with Crippen LogP contribution in [0, 0.1) is 11.8 Å². The fourth-order valence-electron chi connectivity index (χ4n) is 3.47. The van der Waals surface area contributed by atoms with E-state index in [-0.39, 0.29) is 17.0 Å². The molecule has 2 aromatic rings. The maximum atomic E-state index is 12.9. The van der Waals surface area contributed by atoms with Crippen molar-refractivity contribution in [3.05, 3.63) is 22.6 Å². The Bertz CT molecular complexity index is 1450. The largest absolute Gasteiger partial charge is 0.490 e. The third kappa shape index (κ3) is 6.67. The average molecular weight is 611 g/mol. The van der Waals surface area contributed by atoms with Crippen LogP contribution in [-0.2, 0) is 31.6 Å². The molecule has 22 heteroatoms. The molecular weight excluding hydrogens is 592 g/mol. The first-order chi connectivity index (χ1) is 16.9. The van der Waals surface area contributed by atoms with Gasteiger partial charge in [-0.3, -0.25) is 14.3 Å². The van der Waals surface area contributed by atoms with Gasteiger partial charge in [0.2, 0.25) is 5.95 Å². The summed E-state index contributed by atoms with van der Waals surface area (Å²) in [5.41, 5.74) is 4.88. The molecule has 3 heterocycles. The predicted octanol–water partition coefficient (Wildman–Crippen LogP) is 0.247. The molecule has 1 aliphatic rings. The number of phosphoric acid groups is 3. The molecule has 1 aliphatic heterocycles. The molecule has 2 aromatic heterocycles. The fourth-order valence-corrected chi connectivity index (χ4v) is 7.01. The van der Waals surface area contributed by atoms with E-state index in [1.807, 2.05) is 5.92 Å². The average Bonchev–Trinajstić information content (AvgIpc) is 3.23. The first-order valence-electron chi connectivity index (χ1n) is 9.66. The highest BCUT2D eigenvalue weighted by atomic mass is 35.5. The van der Waals surface area contributed by atoms with Crippen molar-refractivity contribution < 1.29 is 60.6 Å². The molecule has 0 saturated carbocycles. The normalized spacial score (nSPS) is 28.3. The lowest BCUT2D eigenvalue weighted by molar-refractivity contribution is -0.0727. The summed E-state index contributed by atoms with van der Waals surface area (Å²) < 4.78 is 66.2. The van der Waals surface area contributed by atoms with E-state index in [0.29, 0.717) is 0 Å². The molecule has 0 bridgehead atoms. The van der Waals surface area contributed by atoms with Gasteiger partial charge in [-0.15, -0.1) is 0 Å². The number of aliphatic hydroxyl groups is 1. The molecular formula is C15H19ClFN4O13P3. The highest BCUT2D eigenvalue weighted by Crippen LogP contribution is 2.66. The van der Waals surface area contributed by atoms with Crippen LogP contribution < -0.4 is 11.3 Å². The number of halogens is 2. The van der Waals surface area contributed by atoms with Gasteiger partial charge in [0, 0.05) is 6.20 Å². The van der Waals surface area contributed by atoms with E-state index in [4.69, 9.17) is 31.9 Å². The predicted molar refractivity (Wildman–Crippen MR) is 121 cm³/mol. The van der Waals surface area contributed by atoms with E-state index in [2.05, 4.69) is 29.0 Å². The summed E-state index contributed by atoms with van der Waals surface area (Å²) in [6, 6.07) is 1.30. The van der Waals surface area contributed by atoms with Gasteiger partial charge in [0.15, 0.2) is 16.7 Å². The SMILES string of the molecule is C[C@@H](OP(=O)(O)OP(=O)(O)OP(=O)(O)O)C1O[C@@H](n2ccc3c(=O)[nH]c(N)nc32)[C@@](Cl)(C#CCF)C1O. The number of hydrogen-bond acceptors (Lipinski definition) is 11. The molecule has 0 aromatic carbocycles. The molecule has 17 nitrogen and oxygen atoms in total. The zero-order valence-electron chi connectivity index (χ0n) is 18.2. The van der Waals surface area contributed by atoms with Crippen LogP contribution in [0.1, 0.15) is 13.2 Å². The highest BCUT2D eigenvalue weighted by molar-refractivity contribution is 7.66. The molecule has 4 unspecified atom stereocenters. The Kier molecular flexibility index (Phi) is 8.46. The number of nitrogens with two attached hydrogens (primary N) is 1. The summed E-state index contributed by atoms with van der Waals surface area (Å²) in [5, 5.41) is 10.9. The van der Waals surface area contributed by atoms with Crippen molar-refractivity contribution in [2.24, 2.45) is 0 Å². The fraction of sp³-hybridized carbons (Fsp3) is 0.467. The monoisotopic (exact) mass is 610 g/mol. The van der Waals surface area contributed by atoms with E-state index in [1.54, 1.807) is 0 Å². The number of anilines is 1. The van der Waals surface area contributed by atoms with Crippen molar-refractivity contribution in [1.29, 1.82) is 0 Å². The smallest absolute Gasteiger partial charge is 0.387 e. The van der Waals surface area contributed by atoms with Crippen LogP contribution >= 0.6 is 35.1 Å². The molecule has 37 heavy (non-hydrogen) atoms. The summed E-state index contributed by atoms with van der Waals surface area (Å²) in [6.45, 7) is -0.157. The van der Waals surface area contributed by atoms with Gasteiger partial charge in [0.25, 0.3) is 5.56 Å². The maximum Gasteiger partial charge on any atom is 0.490 e. The number of fused-ring (bicyclic) bond motifs is 1. The summed E-state index contributed by atoms with van der Waals surface area (Å²) >= 11 is 6.54. The second-order valence-electron chi connectivity index (χ2n) is 7.41. The number of nitrogens with zero attached hydrogens (tertiary/aromatic N) is 2. The Labute approximate surface area is 210 Å². The standard InChI is InChI=1S/C15H19ClFN4O13P3/c1-7(32-36(27,28)34-37(29,30)33-35(24,25)26)9-10(22)15(16,4-2-5-17)13(31-9)21-6-3-8-11(21)19-14(18)20-12(8)23/h3,6-7,9-10,13,22H,5H2,1H3,(H,27,28)(H,29,30)(H2,24,25,26)(H3,18,19,20,23)/t7-,9?,10?,13-,15-/m1/s1. The minimum atomic E-state index is -5.82. The van der Waals surface area contributed by atoms with E-state index >= 15 is 0 Å². The molecule has 1 saturated heterocycles. The van der Waals surface area contributed by atoms with Crippen molar-refractivity contribution in [3.63, 3.8) is 0 Å². The molecule has 1 fully saturated rings. The van der Waals surface area contributed by atoms with E-state index in [1.165, 1.54) is 12.3 Å². The van der Waals surface area contributed by atoms with Crippen molar-refractivity contribution in [1.82, 2.24) is 14.5 Å². The number of ether oxygens (including phenoxy) is 1. The molecule has 0 radical (unpaired) electrons. The minimum Gasteiger partial charge on any atom is -0.387 e. The lowest BCUT2D eigenvalue weighted by Gasteiger charge is -2.26. The van der Waals surface area contributed by atoms with Crippen molar-refractivity contribution in [2.45, 2.75) is 36.3 Å². The molecule has 3 rings (SSSR count). The number of aromatic nitrogens is 3. The number of aromatic amines is 1. The summed E-state index contributed by atoms with van der Waals surface area (Å²) in [5.74, 6) is 4.04. The molecule has 0 amide bonds. The Morgan fingerprint density at radius 1 is 1.32 bits per heavy atom. The van der Waals surface area contributed by atoms with Crippen molar-refractivity contribution >= 4 is 52.1 Å². The number of hydrogen-bond donors (Lipinski definition) is 7. The number of alkyl halides is 2. The van der Waals surface area contributed by atoms with Crippen LogP contribution in [-0.4, -0.2) is 69.1 Å². The van der Waals surface area contributed by atoms with Gasteiger partial charge < -0.3 is 39.7 Å². The van der Waals surface area contributed by atoms with Crippen molar-refractivity contribution in [3.8, 4) is 11.8 Å². The lowest BCUT2D eigenvalue weighted by Crippen LogP contribution is -2.43. The van der Waals surface area contributed by atoms with E-state index in [9.17, 15) is 37.8 Å². The van der Waals surface area contributed by atoms with Crippen LogP contribution in [0.15, 0.2) is 17.1 Å². The van der Waals surface area contributed by atoms with Gasteiger partial charge in [0.1, 0.15) is 18.9 Å². The van der Waals surface area contributed by atoms with Crippen LogP contribution in [0.4, 0.5) is 10.3 Å². The molecule has 8 N–H and O–H groups in total. The number of H-pyrrole nitrogens is 1. The summed E-state index contributed by atoms with van der Waals surface area (Å²) in [7, 11) is -17.1. The Morgan fingerprint density at radius 2 is 1.97 bits per heavy atom. The zero-order chi connectivity index (χ0) is 28.0. The number of phosphoric ester groups is 1. The van der Waals surface area contributed by atoms with Gasteiger partial charge in [0.05, 0.1) is 11.5 Å². The summed E-state index contributed by atoms with van der Waals surface area (Å²) in [4.78, 5) is 52.6. The van der Waals surface area contributed by atoms with Crippen LogP contribution in [0.25, 0.3) is 11.0 Å². The van der Waals surface area contributed by atoms with Gasteiger partial charge in [-0.1, -0.05) is 23.4 Å². The third-order valence-electron chi connectivity index (χ3n) is 4.76. The Hall–Kier alpha value is -1.67. The highest BCUT2D eigenvalue weighted by Gasteiger charge is 2.58. The third-order valence-corrected chi connectivity index (χ3v) is 9.20. The number of rotatable bonds is 8. The quantitative estimate of drug-likeness (QED) is 0.120. The van der Waals surface area contributed by atoms with Gasteiger partial charge in [-0.05, 0) is 13.0 Å². The lowest BCUT2D eigenvalue weighted by atomic mass is 9.96. The van der Waals surface area contributed by atoms with Crippen LogP contribution in [0.5, 0.6) is 0 Å². The van der Waals surface area contributed by atoms with Crippen LogP contribution in [0.3, 0.4) is 0 Å². The second kappa shape index (κ2) is 10.5. The second-order valence-corrected chi connectivity index (χ2v) is 12.4. The molecule has 206 valence electrons. The topological polar surface area (TPSA) is 266 Å². The number of nitrogens with one attached hydrogen (secondary N) is 1. The van der Waals surface area contributed by atoms with Crippen molar-refractivity contribution in [2.75, 3.05) is 12.4 Å². The van der Waals surface area contributed by atoms with Gasteiger partial charge >= 0.3 is 23.5 Å². The number of nitrogen functional groups attached to an aromatic ring is 1. The van der Waals surface area contributed by atoms with Gasteiger partial charge in [-0.2, -0.15) is 13.6 Å². The first-order valence-corrected chi connectivity index (χ1v) is 14.6. The molecule has 0 spiro atoms. The zero-order valence-corrected chi connectivity index (χ0v) is 21.7. The van der Waals surface area contributed by atoms with E-state index < -0.39 is 65.1 Å².